The van der Waals surface area contributed by atoms with Crippen molar-refractivity contribution < 1.29 is 0 Å². The van der Waals surface area contributed by atoms with Crippen LogP contribution in [0.3, 0.4) is 0 Å². The predicted octanol–water partition coefficient (Wildman–Crippen LogP) is 3.36. The molecular formula is C15H23N. The number of hydrogen-bond donors (Lipinski definition) is 1. The molecule has 2 unspecified atom stereocenters. The van der Waals surface area contributed by atoms with E-state index in [-0.39, 0.29) is 0 Å². The molecule has 1 aliphatic carbocycles. The van der Waals surface area contributed by atoms with Gasteiger partial charge in [0.25, 0.3) is 0 Å². The Labute approximate surface area is 99.0 Å². The van der Waals surface area contributed by atoms with Crippen LogP contribution in [-0.4, -0.2) is 6.04 Å². The summed E-state index contributed by atoms with van der Waals surface area (Å²) in [5.41, 5.74) is 10.5. The molecule has 0 saturated heterocycles. The Bertz CT molecular complexity index is 336. The van der Waals surface area contributed by atoms with Crippen molar-refractivity contribution >= 4 is 0 Å². The summed E-state index contributed by atoms with van der Waals surface area (Å²) in [7, 11) is 0. The first-order valence-corrected chi connectivity index (χ1v) is 6.47. The van der Waals surface area contributed by atoms with Crippen LogP contribution < -0.4 is 5.73 Å². The Morgan fingerprint density at radius 2 is 1.88 bits per heavy atom. The Hall–Kier alpha value is -0.820. The third-order valence-electron chi connectivity index (χ3n) is 3.96. The van der Waals surface area contributed by atoms with Gasteiger partial charge < -0.3 is 5.73 Å². The van der Waals surface area contributed by atoms with Crippen LogP contribution in [0.5, 0.6) is 0 Å². The SMILES string of the molecule is Cc1cccc(C)c1CC1CCCC(N)C1. The fourth-order valence-electron chi connectivity index (χ4n) is 2.98. The van der Waals surface area contributed by atoms with Gasteiger partial charge in [0, 0.05) is 6.04 Å². The van der Waals surface area contributed by atoms with Crippen molar-refractivity contribution in [3.8, 4) is 0 Å². The van der Waals surface area contributed by atoms with E-state index in [1.165, 1.54) is 43.2 Å². The summed E-state index contributed by atoms with van der Waals surface area (Å²) in [4.78, 5) is 0. The molecule has 0 aromatic heterocycles. The highest BCUT2D eigenvalue weighted by Gasteiger charge is 2.20. The Balaban J connectivity index is 2.08. The lowest BCUT2D eigenvalue weighted by atomic mass is 9.81. The minimum Gasteiger partial charge on any atom is -0.328 e. The lowest BCUT2D eigenvalue weighted by Crippen LogP contribution is -2.28. The first-order valence-electron chi connectivity index (χ1n) is 6.47. The predicted molar refractivity (Wildman–Crippen MR) is 69.6 cm³/mol. The molecule has 1 aromatic carbocycles. The first kappa shape index (κ1) is 11.7. The monoisotopic (exact) mass is 217 g/mol. The maximum atomic E-state index is 6.05. The number of aryl methyl sites for hydroxylation is 2. The molecule has 0 heterocycles. The molecule has 0 radical (unpaired) electrons. The van der Waals surface area contributed by atoms with Crippen LogP contribution in [0.1, 0.15) is 42.4 Å². The highest BCUT2D eigenvalue weighted by atomic mass is 14.6. The van der Waals surface area contributed by atoms with E-state index in [0.717, 1.165) is 5.92 Å². The molecule has 1 fully saturated rings. The van der Waals surface area contributed by atoms with E-state index >= 15 is 0 Å². The van der Waals surface area contributed by atoms with Gasteiger partial charge in [0.05, 0.1) is 0 Å². The maximum absolute atomic E-state index is 6.05. The van der Waals surface area contributed by atoms with Crippen molar-refractivity contribution in [2.45, 2.75) is 52.0 Å². The Kier molecular flexibility index (Phi) is 3.65. The van der Waals surface area contributed by atoms with Crippen molar-refractivity contribution in [2.75, 3.05) is 0 Å². The zero-order chi connectivity index (χ0) is 11.5. The fraction of sp³-hybridized carbons (Fsp3) is 0.600. The van der Waals surface area contributed by atoms with Crippen LogP contribution in [0.15, 0.2) is 18.2 Å². The van der Waals surface area contributed by atoms with Crippen LogP contribution in [0.2, 0.25) is 0 Å². The molecule has 1 aromatic rings. The van der Waals surface area contributed by atoms with E-state index in [1.807, 2.05) is 0 Å². The van der Waals surface area contributed by atoms with Gasteiger partial charge >= 0.3 is 0 Å². The molecule has 16 heavy (non-hydrogen) atoms. The standard InChI is InChI=1S/C15H23N/c1-11-5-3-6-12(2)15(11)10-13-7-4-8-14(16)9-13/h3,5-6,13-14H,4,7-10,16H2,1-2H3. The smallest absolute Gasteiger partial charge is 0.00415 e. The van der Waals surface area contributed by atoms with Crippen LogP contribution in [0.4, 0.5) is 0 Å². The van der Waals surface area contributed by atoms with Gasteiger partial charge in [0.15, 0.2) is 0 Å². The summed E-state index contributed by atoms with van der Waals surface area (Å²) >= 11 is 0. The van der Waals surface area contributed by atoms with Gasteiger partial charge in [-0.3, -0.25) is 0 Å². The zero-order valence-corrected chi connectivity index (χ0v) is 10.5. The minimum atomic E-state index is 0.447. The van der Waals surface area contributed by atoms with Gasteiger partial charge in [-0.1, -0.05) is 31.0 Å². The summed E-state index contributed by atoms with van der Waals surface area (Å²) in [6.45, 7) is 4.45. The van der Waals surface area contributed by atoms with E-state index in [2.05, 4.69) is 32.0 Å². The second kappa shape index (κ2) is 5.01. The summed E-state index contributed by atoms with van der Waals surface area (Å²) < 4.78 is 0. The average Bonchev–Trinajstić information content (AvgIpc) is 2.24. The molecule has 2 N–H and O–H groups in total. The number of rotatable bonds is 2. The van der Waals surface area contributed by atoms with Crippen molar-refractivity contribution in [1.29, 1.82) is 0 Å². The molecule has 1 saturated carbocycles. The summed E-state index contributed by atoms with van der Waals surface area (Å²) in [5, 5.41) is 0. The van der Waals surface area contributed by atoms with Crippen LogP contribution in [0, 0.1) is 19.8 Å². The van der Waals surface area contributed by atoms with E-state index < -0.39 is 0 Å². The second-order valence-electron chi connectivity index (χ2n) is 5.37. The van der Waals surface area contributed by atoms with Crippen molar-refractivity contribution in [3.63, 3.8) is 0 Å². The van der Waals surface area contributed by atoms with Crippen molar-refractivity contribution in [2.24, 2.45) is 11.7 Å². The third kappa shape index (κ3) is 2.65. The van der Waals surface area contributed by atoms with Gasteiger partial charge in [-0.25, -0.2) is 0 Å². The topological polar surface area (TPSA) is 26.0 Å². The molecule has 0 spiro atoms. The highest BCUT2D eigenvalue weighted by molar-refractivity contribution is 5.33. The maximum Gasteiger partial charge on any atom is 0.00415 e. The summed E-state index contributed by atoms with van der Waals surface area (Å²) in [6, 6.07) is 7.06. The molecule has 2 rings (SSSR count). The molecule has 1 heteroatoms. The number of benzene rings is 1. The van der Waals surface area contributed by atoms with E-state index in [4.69, 9.17) is 5.73 Å². The molecule has 0 aliphatic heterocycles. The van der Waals surface area contributed by atoms with E-state index in [1.54, 1.807) is 5.56 Å². The molecule has 1 nitrogen and oxygen atoms in total. The molecule has 88 valence electrons. The largest absolute Gasteiger partial charge is 0.328 e. The van der Waals surface area contributed by atoms with E-state index in [9.17, 15) is 0 Å². The molecule has 0 amide bonds. The molecule has 2 atom stereocenters. The van der Waals surface area contributed by atoms with Gasteiger partial charge in [-0.05, 0) is 55.7 Å². The lowest BCUT2D eigenvalue weighted by molar-refractivity contribution is 0.320. The van der Waals surface area contributed by atoms with Crippen molar-refractivity contribution in [3.05, 3.63) is 34.9 Å². The van der Waals surface area contributed by atoms with Crippen molar-refractivity contribution in [1.82, 2.24) is 0 Å². The van der Waals surface area contributed by atoms with Crippen LogP contribution >= 0.6 is 0 Å². The third-order valence-corrected chi connectivity index (χ3v) is 3.96. The van der Waals surface area contributed by atoms with Gasteiger partial charge in [-0.15, -0.1) is 0 Å². The zero-order valence-electron chi connectivity index (χ0n) is 10.5. The quantitative estimate of drug-likeness (QED) is 0.807. The number of nitrogens with two attached hydrogens (primary N) is 1. The van der Waals surface area contributed by atoms with E-state index in [0.29, 0.717) is 6.04 Å². The molecule has 0 bridgehead atoms. The lowest BCUT2D eigenvalue weighted by Gasteiger charge is -2.27. The Morgan fingerprint density at radius 3 is 2.50 bits per heavy atom. The molecular weight excluding hydrogens is 194 g/mol. The fourth-order valence-corrected chi connectivity index (χ4v) is 2.98. The van der Waals surface area contributed by atoms with Crippen LogP contribution in [-0.2, 0) is 6.42 Å². The minimum absolute atomic E-state index is 0.447. The van der Waals surface area contributed by atoms with Gasteiger partial charge in [0.2, 0.25) is 0 Å². The Morgan fingerprint density at radius 1 is 1.19 bits per heavy atom. The highest BCUT2D eigenvalue weighted by Crippen LogP contribution is 2.28. The van der Waals surface area contributed by atoms with Gasteiger partial charge in [-0.2, -0.15) is 0 Å². The normalized spacial score (nSPS) is 25.7. The summed E-state index contributed by atoms with van der Waals surface area (Å²) in [5.74, 6) is 0.809. The van der Waals surface area contributed by atoms with Gasteiger partial charge in [0.1, 0.15) is 0 Å². The van der Waals surface area contributed by atoms with Crippen LogP contribution in [0.25, 0.3) is 0 Å². The summed E-state index contributed by atoms with van der Waals surface area (Å²) in [6.07, 6.45) is 6.35. The molecule has 1 aliphatic rings. The second-order valence-corrected chi connectivity index (χ2v) is 5.37. The first-order chi connectivity index (χ1) is 7.66. The average molecular weight is 217 g/mol. The number of hydrogen-bond acceptors (Lipinski definition) is 1.